The van der Waals surface area contributed by atoms with E-state index in [9.17, 15) is 13.6 Å². The van der Waals surface area contributed by atoms with Gasteiger partial charge in [-0.2, -0.15) is 0 Å². The Morgan fingerprint density at radius 1 is 1.18 bits per heavy atom. The number of thiazole rings is 1. The van der Waals surface area contributed by atoms with E-state index >= 15 is 0 Å². The van der Waals surface area contributed by atoms with E-state index in [2.05, 4.69) is 4.98 Å². The Morgan fingerprint density at radius 3 is 2.50 bits per heavy atom. The van der Waals surface area contributed by atoms with E-state index < -0.39 is 11.6 Å². The first kappa shape index (κ1) is 19.1. The molecule has 0 aliphatic carbocycles. The Hall–Kier alpha value is -2.22. The number of rotatable bonds is 4. The zero-order chi connectivity index (χ0) is 19.7. The minimum atomic E-state index is -0.687. The lowest BCUT2D eigenvalue weighted by atomic mass is 10.1. The molecule has 5 nitrogen and oxygen atoms in total. The number of piperidine rings is 1. The van der Waals surface area contributed by atoms with Gasteiger partial charge in [0.2, 0.25) is 5.91 Å². The number of nitrogens with zero attached hydrogens (tertiary/aromatic N) is 3. The Balaban J connectivity index is 1.49. The molecule has 28 heavy (non-hydrogen) atoms. The second-order valence-corrected chi connectivity index (χ2v) is 8.05. The molecule has 0 spiro atoms. The third kappa shape index (κ3) is 3.83. The summed E-state index contributed by atoms with van der Waals surface area (Å²) in [5.74, 6) is -1.68. The van der Waals surface area contributed by atoms with E-state index in [0.29, 0.717) is 31.6 Å². The van der Waals surface area contributed by atoms with Gasteiger partial charge in [0, 0.05) is 62.6 Å². The van der Waals surface area contributed by atoms with E-state index in [1.54, 1.807) is 10.4 Å². The number of hydrogen-bond acceptors (Lipinski definition) is 5. The maximum atomic E-state index is 14.7. The summed E-state index contributed by atoms with van der Waals surface area (Å²) in [7, 11) is 0. The van der Waals surface area contributed by atoms with E-state index in [4.69, 9.17) is 4.74 Å². The smallest absolute Gasteiger partial charge is 0.219 e. The number of benzene rings is 1. The van der Waals surface area contributed by atoms with Crippen LogP contribution in [0.25, 0.3) is 0 Å². The van der Waals surface area contributed by atoms with Crippen LogP contribution in [0.1, 0.15) is 44.3 Å². The van der Waals surface area contributed by atoms with Gasteiger partial charge >= 0.3 is 0 Å². The van der Waals surface area contributed by atoms with Gasteiger partial charge in [0.05, 0.1) is 17.2 Å². The van der Waals surface area contributed by atoms with Crippen LogP contribution in [0.4, 0.5) is 14.5 Å². The van der Waals surface area contributed by atoms with Gasteiger partial charge in [-0.1, -0.05) is 0 Å². The average molecular weight is 407 g/mol. The molecule has 1 unspecified atom stereocenters. The van der Waals surface area contributed by atoms with Gasteiger partial charge in [0.15, 0.2) is 17.4 Å². The first-order valence-corrected chi connectivity index (χ1v) is 10.5. The molecule has 0 saturated carbocycles. The van der Waals surface area contributed by atoms with Crippen molar-refractivity contribution in [1.29, 1.82) is 0 Å². The van der Waals surface area contributed by atoms with E-state index in [1.165, 1.54) is 30.4 Å². The predicted octanol–water partition coefficient (Wildman–Crippen LogP) is 4.15. The van der Waals surface area contributed by atoms with E-state index in [0.717, 1.165) is 25.1 Å². The van der Waals surface area contributed by atoms with Crippen molar-refractivity contribution in [3.63, 3.8) is 0 Å². The quantitative estimate of drug-likeness (QED) is 0.764. The number of carbonyl (C=O) groups is 1. The molecule has 0 bridgehead atoms. The van der Waals surface area contributed by atoms with Gasteiger partial charge in [0.25, 0.3) is 0 Å². The summed E-state index contributed by atoms with van der Waals surface area (Å²) in [5, 5.41) is 1.99. The lowest BCUT2D eigenvalue weighted by Crippen LogP contribution is -2.40. The molecule has 150 valence electrons. The van der Waals surface area contributed by atoms with Crippen molar-refractivity contribution in [1.82, 2.24) is 9.88 Å². The maximum Gasteiger partial charge on any atom is 0.219 e. The SMILES string of the molecule is CC(=O)N1CCC(Oc2c(F)cc(N3CCCC3c3cscn3)cc2F)CC1. The molecule has 2 aromatic rings. The molecule has 2 saturated heterocycles. The van der Waals surface area contributed by atoms with Crippen LogP contribution in [0.2, 0.25) is 0 Å². The molecular formula is C20H23F2N3O2S. The van der Waals surface area contributed by atoms with Crippen LogP contribution in [0.5, 0.6) is 5.75 Å². The molecule has 8 heteroatoms. The summed E-state index contributed by atoms with van der Waals surface area (Å²) in [6.45, 7) is 3.36. The molecule has 2 fully saturated rings. The summed E-state index contributed by atoms with van der Waals surface area (Å²) >= 11 is 1.52. The number of ether oxygens (including phenoxy) is 1. The Bertz CT molecular complexity index is 815. The molecule has 2 aliphatic heterocycles. The monoisotopic (exact) mass is 407 g/mol. The number of anilines is 1. The highest BCUT2D eigenvalue weighted by atomic mass is 32.1. The molecule has 1 aromatic heterocycles. The normalized spacial score (nSPS) is 20.6. The highest BCUT2D eigenvalue weighted by molar-refractivity contribution is 7.07. The average Bonchev–Trinajstić information content (AvgIpc) is 3.36. The van der Waals surface area contributed by atoms with E-state index in [1.807, 2.05) is 10.3 Å². The van der Waals surface area contributed by atoms with Crippen molar-refractivity contribution in [3.05, 3.63) is 40.4 Å². The Kier molecular flexibility index (Phi) is 5.48. The fourth-order valence-corrected chi connectivity index (χ4v) is 4.65. The molecule has 1 atom stereocenters. The van der Waals surface area contributed by atoms with Crippen LogP contribution in [0, 0.1) is 11.6 Å². The van der Waals surface area contributed by atoms with Gasteiger partial charge in [0.1, 0.15) is 6.10 Å². The molecule has 3 heterocycles. The van der Waals surface area contributed by atoms with Crippen molar-refractivity contribution in [3.8, 4) is 5.75 Å². The topological polar surface area (TPSA) is 45.7 Å². The Labute approximate surface area is 166 Å². The largest absolute Gasteiger partial charge is 0.484 e. The molecule has 0 N–H and O–H groups in total. The number of aromatic nitrogens is 1. The van der Waals surface area contributed by atoms with Crippen LogP contribution in [-0.2, 0) is 4.79 Å². The predicted molar refractivity (Wildman–Crippen MR) is 104 cm³/mol. The first-order chi connectivity index (χ1) is 13.5. The third-order valence-corrected chi connectivity index (χ3v) is 6.14. The van der Waals surface area contributed by atoms with Crippen molar-refractivity contribution >= 4 is 22.9 Å². The number of likely N-dealkylation sites (tertiary alicyclic amines) is 1. The summed E-state index contributed by atoms with van der Waals surface area (Å²) < 4.78 is 35.1. The van der Waals surface area contributed by atoms with Crippen LogP contribution >= 0.6 is 11.3 Å². The molecule has 1 aromatic carbocycles. The fourth-order valence-electron chi connectivity index (χ4n) is 4.05. The van der Waals surface area contributed by atoms with Crippen molar-refractivity contribution < 1.29 is 18.3 Å². The lowest BCUT2D eigenvalue weighted by molar-refractivity contribution is -0.130. The first-order valence-electron chi connectivity index (χ1n) is 9.59. The van der Waals surface area contributed by atoms with Crippen molar-refractivity contribution in [2.75, 3.05) is 24.5 Å². The van der Waals surface area contributed by atoms with Gasteiger partial charge < -0.3 is 14.5 Å². The van der Waals surface area contributed by atoms with Crippen LogP contribution in [0.3, 0.4) is 0 Å². The maximum absolute atomic E-state index is 14.7. The number of amides is 1. The van der Waals surface area contributed by atoms with Gasteiger partial charge in [-0.3, -0.25) is 4.79 Å². The highest BCUT2D eigenvalue weighted by Gasteiger charge is 2.30. The minimum absolute atomic E-state index is 0.0143. The molecule has 4 rings (SSSR count). The Morgan fingerprint density at radius 2 is 1.89 bits per heavy atom. The van der Waals surface area contributed by atoms with Crippen LogP contribution < -0.4 is 9.64 Å². The summed E-state index contributed by atoms with van der Waals surface area (Å²) in [6.07, 6.45) is 2.72. The second kappa shape index (κ2) is 8.03. The minimum Gasteiger partial charge on any atom is -0.484 e. The van der Waals surface area contributed by atoms with Crippen LogP contribution in [0.15, 0.2) is 23.0 Å². The van der Waals surface area contributed by atoms with Gasteiger partial charge in [-0.25, -0.2) is 13.8 Å². The zero-order valence-corrected chi connectivity index (χ0v) is 16.6. The van der Waals surface area contributed by atoms with Gasteiger partial charge in [-0.15, -0.1) is 11.3 Å². The zero-order valence-electron chi connectivity index (χ0n) is 15.7. The molecule has 1 amide bonds. The van der Waals surface area contributed by atoms with Crippen LogP contribution in [-0.4, -0.2) is 41.5 Å². The van der Waals surface area contributed by atoms with Crippen molar-refractivity contribution in [2.24, 2.45) is 0 Å². The number of halogens is 2. The lowest BCUT2D eigenvalue weighted by Gasteiger charge is -2.32. The standard InChI is InChI=1S/C20H23F2N3O2S/c1-13(26)24-7-4-15(5-8-24)27-20-16(21)9-14(10-17(20)22)25-6-2-3-19(25)18-11-28-12-23-18/h9-12,15,19H,2-8H2,1H3. The molecule has 2 aliphatic rings. The summed E-state index contributed by atoms with van der Waals surface area (Å²) in [6, 6.07) is 2.76. The second-order valence-electron chi connectivity index (χ2n) is 7.33. The third-order valence-electron chi connectivity index (χ3n) is 5.53. The highest BCUT2D eigenvalue weighted by Crippen LogP contribution is 2.38. The molecular weight excluding hydrogens is 384 g/mol. The number of carbonyl (C=O) groups excluding carboxylic acids is 1. The number of hydrogen-bond donors (Lipinski definition) is 0. The van der Waals surface area contributed by atoms with E-state index in [-0.39, 0.29) is 23.8 Å². The fraction of sp³-hybridized carbons (Fsp3) is 0.500. The van der Waals surface area contributed by atoms with Gasteiger partial charge in [-0.05, 0) is 12.8 Å². The molecule has 0 radical (unpaired) electrons. The summed E-state index contributed by atoms with van der Waals surface area (Å²) in [4.78, 5) is 19.5. The van der Waals surface area contributed by atoms with Crippen molar-refractivity contribution in [2.45, 2.75) is 44.8 Å². The summed E-state index contributed by atoms with van der Waals surface area (Å²) in [5.41, 5.74) is 3.24.